The summed E-state index contributed by atoms with van der Waals surface area (Å²) in [5.41, 5.74) is 2.50. The molecule has 0 radical (unpaired) electrons. The van der Waals surface area contributed by atoms with Crippen LogP contribution < -0.4 is 15.6 Å². The summed E-state index contributed by atoms with van der Waals surface area (Å²) in [5, 5.41) is 12.0. The molecule has 1 atom stereocenters. The first-order valence-electron chi connectivity index (χ1n) is 9.74. The fourth-order valence-corrected chi connectivity index (χ4v) is 3.51. The molecular formula is C22H25N3O4. The molecule has 1 aliphatic rings. The molecule has 0 saturated carbocycles. The van der Waals surface area contributed by atoms with Gasteiger partial charge in [-0.25, -0.2) is 0 Å². The lowest BCUT2D eigenvalue weighted by molar-refractivity contribution is -0.116. The largest absolute Gasteiger partial charge is 0.491 e. The summed E-state index contributed by atoms with van der Waals surface area (Å²) in [6, 6.07) is 9.20. The van der Waals surface area contributed by atoms with Crippen molar-refractivity contribution < 1.29 is 14.3 Å². The third-order valence-corrected chi connectivity index (χ3v) is 5.10. The lowest BCUT2D eigenvalue weighted by atomic mass is 9.99. The van der Waals surface area contributed by atoms with Gasteiger partial charge in [-0.05, 0) is 56.4 Å². The van der Waals surface area contributed by atoms with Gasteiger partial charge in [0, 0.05) is 30.5 Å². The van der Waals surface area contributed by atoms with E-state index in [4.69, 9.17) is 14.7 Å². The van der Waals surface area contributed by atoms with E-state index in [0.717, 1.165) is 25.0 Å². The SMILES string of the molecule is Cc1[nH]c(=O)c(C#N)c(C)c1CCC(=O)Nc1cccc(OCC2CCCO2)c1. The lowest BCUT2D eigenvalue weighted by Crippen LogP contribution is -2.18. The number of pyridine rings is 1. The van der Waals surface area contributed by atoms with Gasteiger partial charge in [0.05, 0.1) is 6.10 Å². The number of aromatic nitrogens is 1. The van der Waals surface area contributed by atoms with Crippen molar-refractivity contribution in [1.82, 2.24) is 4.98 Å². The zero-order valence-electron chi connectivity index (χ0n) is 16.7. The molecule has 1 aromatic carbocycles. The van der Waals surface area contributed by atoms with Crippen molar-refractivity contribution in [1.29, 1.82) is 5.26 Å². The number of rotatable bonds is 7. The number of nitrogens with zero attached hydrogens (tertiary/aromatic N) is 1. The van der Waals surface area contributed by atoms with E-state index in [1.807, 2.05) is 18.2 Å². The number of nitriles is 1. The molecule has 2 heterocycles. The maximum Gasteiger partial charge on any atom is 0.266 e. The molecule has 0 spiro atoms. The van der Waals surface area contributed by atoms with Crippen LogP contribution in [0.15, 0.2) is 29.1 Å². The first kappa shape index (κ1) is 20.6. The molecule has 152 valence electrons. The van der Waals surface area contributed by atoms with Crippen LogP contribution in [0.3, 0.4) is 0 Å². The number of aromatic amines is 1. The van der Waals surface area contributed by atoms with Crippen LogP contribution in [-0.4, -0.2) is 30.2 Å². The second kappa shape index (κ2) is 9.39. The Balaban J connectivity index is 1.58. The summed E-state index contributed by atoms with van der Waals surface area (Å²) in [6.45, 7) is 4.80. The van der Waals surface area contributed by atoms with Crippen molar-refractivity contribution in [3.05, 3.63) is 57.0 Å². The molecule has 3 rings (SSSR count). The molecule has 29 heavy (non-hydrogen) atoms. The van der Waals surface area contributed by atoms with E-state index in [2.05, 4.69) is 10.3 Å². The normalized spacial score (nSPS) is 15.7. The lowest BCUT2D eigenvalue weighted by Gasteiger charge is -2.13. The predicted octanol–water partition coefficient (Wildman–Crippen LogP) is 2.99. The number of benzene rings is 1. The highest BCUT2D eigenvalue weighted by Crippen LogP contribution is 2.20. The Kier molecular flexibility index (Phi) is 6.68. The molecule has 0 bridgehead atoms. The van der Waals surface area contributed by atoms with Crippen molar-refractivity contribution in [3.63, 3.8) is 0 Å². The molecule has 7 nitrogen and oxygen atoms in total. The van der Waals surface area contributed by atoms with Gasteiger partial charge in [0.15, 0.2) is 0 Å². The average Bonchev–Trinajstić information content (AvgIpc) is 3.20. The van der Waals surface area contributed by atoms with Gasteiger partial charge in [-0.1, -0.05) is 6.07 Å². The fraction of sp³-hybridized carbons (Fsp3) is 0.409. The molecule has 1 saturated heterocycles. The van der Waals surface area contributed by atoms with E-state index in [1.54, 1.807) is 26.0 Å². The Morgan fingerprint density at radius 3 is 2.97 bits per heavy atom. The number of hydrogen-bond donors (Lipinski definition) is 2. The number of aryl methyl sites for hydroxylation is 1. The molecule has 1 aromatic heterocycles. The van der Waals surface area contributed by atoms with Crippen LogP contribution in [0.4, 0.5) is 5.69 Å². The smallest absolute Gasteiger partial charge is 0.266 e. The minimum Gasteiger partial charge on any atom is -0.491 e. The van der Waals surface area contributed by atoms with E-state index in [0.29, 0.717) is 35.7 Å². The summed E-state index contributed by atoms with van der Waals surface area (Å²) in [7, 11) is 0. The van der Waals surface area contributed by atoms with Crippen molar-refractivity contribution >= 4 is 11.6 Å². The Hall–Kier alpha value is -3.11. The van der Waals surface area contributed by atoms with Crippen LogP contribution in [0.1, 0.15) is 41.6 Å². The molecular weight excluding hydrogens is 370 g/mol. The Morgan fingerprint density at radius 2 is 2.24 bits per heavy atom. The van der Waals surface area contributed by atoms with E-state index < -0.39 is 5.56 Å². The van der Waals surface area contributed by atoms with Crippen molar-refractivity contribution in [2.24, 2.45) is 0 Å². The van der Waals surface area contributed by atoms with Gasteiger partial charge in [0.1, 0.15) is 24.0 Å². The van der Waals surface area contributed by atoms with E-state index >= 15 is 0 Å². The molecule has 1 fully saturated rings. The molecule has 1 amide bonds. The highest BCUT2D eigenvalue weighted by Gasteiger charge is 2.16. The minimum atomic E-state index is -0.393. The molecule has 7 heteroatoms. The predicted molar refractivity (Wildman–Crippen MR) is 109 cm³/mol. The summed E-state index contributed by atoms with van der Waals surface area (Å²) in [5.74, 6) is 0.536. The monoisotopic (exact) mass is 395 g/mol. The summed E-state index contributed by atoms with van der Waals surface area (Å²) >= 11 is 0. The van der Waals surface area contributed by atoms with Crippen LogP contribution in [0.2, 0.25) is 0 Å². The van der Waals surface area contributed by atoms with Crippen molar-refractivity contribution in [2.45, 2.75) is 45.6 Å². The highest BCUT2D eigenvalue weighted by molar-refractivity contribution is 5.91. The Morgan fingerprint density at radius 1 is 1.41 bits per heavy atom. The maximum absolute atomic E-state index is 12.4. The fourth-order valence-electron chi connectivity index (χ4n) is 3.51. The second-order valence-electron chi connectivity index (χ2n) is 7.19. The van der Waals surface area contributed by atoms with Crippen LogP contribution in [-0.2, 0) is 16.0 Å². The number of carbonyl (C=O) groups excluding carboxylic acids is 1. The van der Waals surface area contributed by atoms with Gasteiger partial charge >= 0.3 is 0 Å². The molecule has 1 aliphatic heterocycles. The molecule has 2 aromatic rings. The Bertz CT molecular complexity index is 985. The topological polar surface area (TPSA) is 104 Å². The minimum absolute atomic E-state index is 0.0992. The van der Waals surface area contributed by atoms with Gasteiger partial charge in [-0.3, -0.25) is 9.59 Å². The van der Waals surface area contributed by atoms with E-state index in [-0.39, 0.29) is 24.0 Å². The molecule has 0 aliphatic carbocycles. The van der Waals surface area contributed by atoms with Gasteiger partial charge in [-0.15, -0.1) is 0 Å². The number of ether oxygens (including phenoxy) is 2. The third kappa shape index (κ3) is 5.24. The zero-order valence-corrected chi connectivity index (χ0v) is 16.7. The summed E-state index contributed by atoms with van der Waals surface area (Å²) < 4.78 is 11.3. The van der Waals surface area contributed by atoms with E-state index in [1.165, 1.54) is 0 Å². The number of H-pyrrole nitrogens is 1. The standard InChI is InChI=1S/C22H25N3O4/c1-14-19(15(2)24-22(27)20(14)12-23)8-9-21(26)25-16-5-3-6-17(11-16)29-13-18-7-4-10-28-18/h3,5-6,11,18H,4,7-10,13H2,1-2H3,(H,24,27)(H,25,26). The van der Waals surface area contributed by atoms with Crippen LogP contribution in [0.25, 0.3) is 0 Å². The first-order valence-corrected chi connectivity index (χ1v) is 9.74. The number of amides is 1. The van der Waals surface area contributed by atoms with Gasteiger partial charge in [0.2, 0.25) is 5.91 Å². The van der Waals surface area contributed by atoms with Gasteiger partial charge in [0.25, 0.3) is 5.56 Å². The highest BCUT2D eigenvalue weighted by atomic mass is 16.5. The van der Waals surface area contributed by atoms with E-state index in [9.17, 15) is 9.59 Å². The van der Waals surface area contributed by atoms with Gasteiger partial charge in [-0.2, -0.15) is 5.26 Å². The van der Waals surface area contributed by atoms with Gasteiger partial charge < -0.3 is 19.8 Å². The Labute approximate surface area is 169 Å². The summed E-state index contributed by atoms with van der Waals surface area (Å²) in [6.07, 6.45) is 2.88. The first-order chi connectivity index (χ1) is 14.0. The van der Waals surface area contributed by atoms with Crippen molar-refractivity contribution in [3.8, 4) is 11.8 Å². The number of nitrogens with one attached hydrogen (secondary N) is 2. The second-order valence-corrected chi connectivity index (χ2v) is 7.19. The molecule has 1 unspecified atom stereocenters. The van der Waals surface area contributed by atoms with Crippen LogP contribution >= 0.6 is 0 Å². The quantitative estimate of drug-likeness (QED) is 0.750. The summed E-state index contributed by atoms with van der Waals surface area (Å²) in [4.78, 5) is 26.9. The number of hydrogen-bond acceptors (Lipinski definition) is 5. The number of carbonyl (C=O) groups is 1. The third-order valence-electron chi connectivity index (χ3n) is 5.10. The zero-order chi connectivity index (χ0) is 20.8. The van der Waals surface area contributed by atoms with Crippen molar-refractivity contribution in [2.75, 3.05) is 18.5 Å². The maximum atomic E-state index is 12.4. The van der Waals surface area contributed by atoms with Crippen LogP contribution in [0.5, 0.6) is 5.75 Å². The number of anilines is 1. The average molecular weight is 395 g/mol. The molecule has 2 N–H and O–H groups in total. The van der Waals surface area contributed by atoms with Crippen LogP contribution in [0, 0.1) is 25.2 Å².